The van der Waals surface area contributed by atoms with Crippen LogP contribution in [0.25, 0.3) is 0 Å². The minimum Gasteiger partial charge on any atom is -0.481 e. The van der Waals surface area contributed by atoms with E-state index in [1.807, 2.05) is 0 Å². The zero-order chi connectivity index (χ0) is 18.3. The van der Waals surface area contributed by atoms with Gasteiger partial charge in [0.25, 0.3) is 0 Å². The summed E-state index contributed by atoms with van der Waals surface area (Å²) in [6.45, 7) is 3.23. The fourth-order valence-corrected chi connectivity index (χ4v) is 2.63. The molecule has 0 aromatic heterocycles. The number of nitrogens with one attached hydrogen (secondary N) is 2. The van der Waals surface area contributed by atoms with Crippen molar-refractivity contribution in [3.8, 4) is 0 Å². The van der Waals surface area contributed by atoms with Crippen molar-refractivity contribution < 1.29 is 29.9 Å². The second kappa shape index (κ2) is 9.63. The van der Waals surface area contributed by atoms with Crippen LogP contribution in [0.1, 0.15) is 12.8 Å². The number of rotatable bonds is 6. The van der Waals surface area contributed by atoms with Crippen LogP contribution in [0.2, 0.25) is 13.6 Å². The molecule has 0 aromatic rings. The van der Waals surface area contributed by atoms with Crippen LogP contribution in [0.15, 0.2) is 24.3 Å². The van der Waals surface area contributed by atoms with Gasteiger partial charge in [0.1, 0.15) is 0 Å². The van der Waals surface area contributed by atoms with Crippen molar-refractivity contribution in [1.82, 2.24) is 10.5 Å². The van der Waals surface area contributed by atoms with Crippen molar-refractivity contribution in [3.05, 3.63) is 24.3 Å². The Balaban J connectivity index is 0.000000240. The first-order chi connectivity index (χ1) is 11.2. The number of hydrogen-bond acceptors (Lipinski definition) is 6. The van der Waals surface area contributed by atoms with E-state index in [2.05, 4.69) is 10.5 Å². The molecule has 132 valence electrons. The zero-order valence-corrected chi connectivity index (χ0v) is 13.8. The van der Waals surface area contributed by atoms with Crippen LogP contribution in [-0.4, -0.2) is 58.4 Å². The molecule has 8 nitrogen and oxygen atoms in total. The predicted octanol–water partition coefficient (Wildman–Crippen LogP) is -0.569. The van der Waals surface area contributed by atoms with Gasteiger partial charge in [-0.2, -0.15) is 0 Å². The number of hydrogen-bond donors (Lipinski definition) is 6. The SMILES string of the molecule is CB(O)NC1C=CC(C(=O)O)C1.CB(O)N[C@H]1C=C[C@@H](C(=O)O)C1. The van der Waals surface area contributed by atoms with Gasteiger partial charge in [-0.1, -0.05) is 24.3 Å². The van der Waals surface area contributed by atoms with Gasteiger partial charge in [0.05, 0.1) is 11.8 Å². The van der Waals surface area contributed by atoms with Gasteiger partial charge in [-0.05, 0) is 26.5 Å². The molecule has 0 aliphatic heterocycles. The van der Waals surface area contributed by atoms with Crippen LogP contribution in [0.5, 0.6) is 0 Å². The third-order valence-corrected chi connectivity index (χ3v) is 3.71. The Morgan fingerprint density at radius 3 is 1.38 bits per heavy atom. The molecule has 4 atom stereocenters. The molecule has 10 heteroatoms. The van der Waals surface area contributed by atoms with E-state index in [1.165, 1.54) is 0 Å². The summed E-state index contributed by atoms with van der Waals surface area (Å²) in [7, 11) is -1.18. The lowest BCUT2D eigenvalue weighted by atomic mass is 9.87. The highest BCUT2D eigenvalue weighted by atomic mass is 16.4. The Labute approximate surface area is 141 Å². The second-order valence-corrected chi connectivity index (χ2v) is 6.03. The largest absolute Gasteiger partial charge is 0.481 e. The minimum atomic E-state index is -0.804. The standard InChI is InChI=1S/2C7H12BNO3/c2*1-8(12)9-6-3-2-5(4-6)7(10)11/h2*2-3,5-6,9,12H,4H2,1H3,(H,10,11)/t5-,6+;/m1./s1. The predicted molar refractivity (Wildman–Crippen MR) is 91.3 cm³/mol. The lowest BCUT2D eigenvalue weighted by Crippen LogP contribution is -2.38. The van der Waals surface area contributed by atoms with E-state index >= 15 is 0 Å². The van der Waals surface area contributed by atoms with Crippen molar-refractivity contribution in [2.45, 2.75) is 38.6 Å². The third-order valence-electron chi connectivity index (χ3n) is 3.71. The maximum atomic E-state index is 10.5. The topological polar surface area (TPSA) is 139 Å². The fraction of sp³-hybridized carbons (Fsp3) is 0.571. The molecule has 0 fully saturated rings. The first-order valence-corrected chi connectivity index (χ1v) is 7.89. The fourth-order valence-electron chi connectivity index (χ4n) is 2.63. The van der Waals surface area contributed by atoms with Crippen LogP contribution >= 0.6 is 0 Å². The van der Waals surface area contributed by atoms with Gasteiger partial charge in [-0.3, -0.25) is 9.59 Å². The highest BCUT2D eigenvalue weighted by Gasteiger charge is 2.26. The van der Waals surface area contributed by atoms with E-state index in [4.69, 9.17) is 20.3 Å². The zero-order valence-electron chi connectivity index (χ0n) is 13.8. The molecule has 24 heavy (non-hydrogen) atoms. The Morgan fingerprint density at radius 2 is 1.17 bits per heavy atom. The number of carbonyl (C=O) groups is 2. The molecule has 2 aliphatic carbocycles. The average molecular weight is 338 g/mol. The molecule has 2 aliphatic rings. The molecule has 6 N–H and O–H groups in total. The van der Waals surface area contributed by atoms with Crippen LogP contribution < -0.4 is 10.5 Å². The summed E-state index contributed by atoms with van der Waals surface area (Å²) in [5, 5.41) is 40.8. The molecule has 0 saturated carbocycles. The van der Waals surface area contributed by atoms with Gasteiger partial charge >= 0.3 is 26.0 Å². The van der Waals surface area contributed by atoms with E-state index in [-0.39, 0.29) is 12.1 Å². The van der Waals surface area contributed by atoms with Gasteiger partial charge in [-0.25, -0.2) is 0 Å². The van der Waals surface area contributed by atoms with E-state index in [9.17, 15) is 9.59 Å². The van der Waals surface area contributed by atoms with Crippen molar-refractivity contribution in [1.29, 1.82) is 0 Å². The van der Waals surface area contributed by atoms with Gasteiger partial charge in [-0.15, -0.1) is 0 Å². The highest BCUT2D eigenvalue weighted by molar-refractivity contribution is 6.45. The van der Waals surface area contributed by atoms with Crippen molar-refractivity contribution in [2.24, 2.45) is 11.8 Å². The molecular weight excluding hydrogens is 314 g/mol. The molecule has 0 spiro atoms. The smallest absolute Gasteiger partial charge is 0.374 e. The summed E-state index contributed by atoms with van der Waals surface area (Å²) in [6.07, 6.45) is 7.93. The lowest BCUT2D eigenvalue weighted by molar-refractivity contribution is -0.141. The Morgan fingerprint density at radius 1 is 0.833 bits per heavy atom. The van der Waals surface area contributed by atoms with E-state index in [0.29, 0.717) is 12.8 Å². The summed E-state index contributed by atoms with van der Waals surface area (Å²) in [5.74, 6) is -2.41. The highest BCUT2D eigenvalue weighted by Crippen LogP contribution is 2.18. The molecule has 0 heterocycles. The first-order valence-electron chi connectivity index (χ1n) is 7.89. The number of carboxylic acids is 2. The Hall–Kier alpha value is -1.61. The molecular formula is C14H24B2N2O6. The molecule has 0 amide bonds. The average Bonchev–Trinajstić information content (AvgIpc) is 3.07. The molecule has 2 rings (SSSR count). The number of carboxylic acid groups (broad SMARTS) is 2. The maximum Gasteiger partial charge on any atom is 0.374 e. The van der Waals surface area contributed by atoms with Crippen LogP contribution in [-0.2, 0) is 9.59 Å². The first kappa shape index (κ1) is 20.4. The monoisotopic (exact) mass is 338 g/mol. The van der Waals surface area contributed by atoms with E-state index < -0.39 is 37.9 Å². The second-order valence-electron chi connectivity index (χ2n) is 6.03. The van der Waals surface area contributed by atoms with Crippen LogP contribution in [0.4, 0.5) is 0 Å². The Kier molecular flexibility index (Phi) is 8.20. The van der Waals surface area contributed by atoms with Crippen molar-refractivity contribution in [2.75, 3.05) is 0 Å². The van der Waals surface area contributed by atoms with Crippen LogP contribution in [0.3, 0.4) is 0 Å². The summed E-state index contributed by atoms with van der Waals surface area (Å²) >= 11 is 0. The molecule has 0 saturated heterocycles. The third kappa shape index (κ3) is 7.31. The molecule has 0 bridgehead atoms. The molecule has 2 unspecified atom stereocenters. The summed E-state index contributed by atoms with van der Waals surface area (Å²) in [5.41, 5.74) is 0. The van der Waals surface area contributed by atoms with E-state index in [1.54, 1.807) is 38.0 Å². The van der Waals surface area contributed by atoms with Crippen molar-refractivity contribution in [3.63, 3.8) is 0 Å². The van der Waals surface area contributed by atoms with Gasteiger partial charge < -0.3 is 30.7 Å². The lowest BCUT2D eigenvalue weighted by Gasteiger charge is -2.11. The number of aliphatic carboxylic acids is 2. The van der Waals surface area contributed by atoms with Gasteiger partial charge in [0.2, 0.25) is 0 Å². The van der Waals surface area contributed by atoms with E-state index in [0.717, 1.165) is 0 Å². The van der Waals surface area contributed by atoms with Gasteiger partial charge in [0.15, 0.2) is 0 Å². The molecule has 0 radical (unpaired) electrons. The van der Waals surface area contributed by atoms with Crippen LogP contribution in [0, 0.1) is 11.8 Å². The normalized spacial score (nSPS) is 27.5. The summed E-state index contributed by atoms with van der Waals surface area (Å²) < 4.78 is 0. The molecule has 0 aromatic carbocycles. The summed E-state index contributed by atoms with van der Waals surface area (Å²) in [6, 6.07) is -0.0165. The van der Waals surface area contributed by atoms with Gasteiger partial charge in [0, 0.05) is 12.1 Å². The Bertz CT molecular complexity index is 454. The minimum absolute atomic E-state index is 0.00824. The quantitative estimate of drug-likeness (QED) is 0.280. The maximum absolute atomic E-state index is 10.5. The summed E-state index contributed by atoms with van der Waals surface area (Å²) in [4.78, 5) is 21.0. The van der Waals surface area contributed by atoms with Crippen molar-refractivity contribution >= 4 is 26.0 Å².